The van der Waals surface area contributed by atoms with Crippen molar-refractivity contribution in [3.05, 3.63) is 73.5 Å². The Bertz CT molecular complexity index is 1500. The molecule has 0 spiro atoms. The summed E-state index contributed by atoms with van der Waals surface area (Å²) in [6, 6.07) is 18.7. The van der Waals surface area contributed by atoms with Gasteiger partial charge in [0.05, 0.1) is 35.8 Å². The fourth-order valence-electron chi connectivity index (χ4n) is 4.82. The smallest absolute Gasteiger partial charge is 0.184 e. The predicted molar refractivity (Wildman–Crippen MR) is 101 cm³/mol. The van der Waals surface area contributed by atoms with Crippen LogP contribution in [0, 0.1) is 67.1 Å². The molecule has 1 atom stereocenters. The number of benzene rings is 2. The van der Waals surface area contributed by atoms with Crippen LogP contribution in [0.5, 0.6) is 0 Å². The van der Waals surface area contributed by atoms with E-state index in [9.17, 15) is 21.0 Å². The van der Waals surface area contributed by atoms with Gasteiger partial charge in [0, 0.05) is 5.22 Å². The van der Waals surface area contributed by atoms with Crippen LogP contribution in [0.1, 0.15) is 29.5 Å². The third-order valence-corrected chi connectivity index (χ3v) is 6.13. The van der Waals surface area contributed by atoms with Crippen LogP contribution < -0.4 is 10.4 Å². The number of nitrogens with zero attached hydrogens (tertiary/aromatic N) is 4. The van der Waals surface area contributed by atoms with Gasteiger partial charge in [-0.3, -0.25) is 0 Å². The molecule has 2 aromatic carbocycles. The van der Waals surface area contributed by atoms with E-state index in [0.717, 1.165) is 37.6 Å². The molecule has 0 bridgehead atoms. The fourth-order valence-corrected chi connectivity index (χ4v) is 4.82. The summed E-state index contributed by atoms with van der Waals surface area (Å²) in [6.07, 6.45) is 5.00. The molecule has 0 radical (unpaired) electrons. The van der Waals surface area contributed by atoms with Crippen molar-refractivity contribution < 1.29 is 0 Å². The van der Waals surface area contributed by atoms with Gasteiger partial charge in [0.15, 0.2) is 5.41 Å². The minimum absolute atomic E-state index is 0.440. The van der Waals surface area contributed by atoms with Gasteiger partial charge < -0.3 is 0 Å². The van der Waals surface area contributed by atoms with Crippen molar-refractivity contribution in [1.82, 2.24) is 0 Å². The van der Waals surface area contributed by atoms with Gasteiger partial charge in [0.2, 0.25) is 0 Å². The maximum absolute atomic E-state index is 9.88. The Balaban J connectivity index is 1.95. The van der Waals surface area contributed by atoms with Gasteiger partial charge in [0.1, 0.15) is 0 Å². The molecule has 0 aliphatic heterocycles. The zero-order valence-electron chi connectivity index (χ0n) is 14.8. The summed E-state index contributed by atoms with van der Waals surface area (Å²) in [6.45, 7) is 0. The van der Waals surface area contributed by atoms with Crippen LogP contribution in [0.25, 0.3) is 17.7 Å². The minimum atomic E-state index is -1.49. The molecule has 4 nitrogen and oxygen atoms in total. The van der Waals surface area contributed by atoms with Gasteiger partial charge in [-0.05, 0) is 69.0 Å². The van der Waals surface area contributed by atoms with E-state index >= 15 is 0 Å². The second-order valence-electron chi connectivity index (χ2n) is 7.31. The zero-order valence-corrected chi connectivity index (χ0v) is 14.8. The predicted octanol–water partition coefficient (Wildman–Crippen LogP) is 2.50. The summed E-state index contributed by atoms with van der Waals surface area (Å²) in [5, 5.41) is 43.1. The van der Waals surface area contributed by atoms with Crippen LogP contribution in [0.3, 0.4) is 0 Å². The molecule has 0 aromatic heterocycles. The SMILES string of the molecule is N#Cc1cc2c(c3c1=C1CCC(C#N)C(C#N)(C#N)C1=C3)C=c1ccccc1=2. The van der Waals surface area contributed by atoms with E-state index in [1.807, 2.05) is 36.4 Å². The Morgan fingerprint density at radius 3 is 2.43 bits per heavy atom. The van der Waals surface area contributed by atoms with Crippen LogP contribution in [0.15, 0.2) is 35.9 Å². The van der Waals surface area contributed by atoms with Gasteiger partial charge >= 0.3 is 0 Å². The second kappa shape index (κ2) is 5.44. The lowest BCUT2D eigenvalue weighted by Crippen LogP contribution is -2.34. The summed E-state index contributed by atoms with van der Waals surface area (Å²) in [7, 11) is 0. The highest BCUT2D eigenvalue weighted by Crippen LogP contribution is 2.50. The molecular weight excluding hydrogens is 344 g/mol. The van der Waals surface area contributed by atoms with Gasteiger partial charge in [0.25, 0.3) is 0 Å². The van der Waals surface area contributed by atoms with E-state index in [4.69, 9.17) is 0 Å². The highest BCUT2D eigenvalue weighted by atomic mass is 14.5. The summed E-state index contributed by atoms with van der Waals surface area (Å²) in [4.78, 5) is 0. The monoisotopic (exact) mass is 356 g/mol. The molecule has 2 aromatic rings. The molecule has 0 heterocycles. The molecule has 1 unspecified atom stereocenters. The first-order valence-corrected chi connectivity index (χ1v) is 9.04. The van der Waals surface area contributed by atoms with Crippen molar-refractivity contribution in [3.8, 4) is 24.3 Å². The number of hydrogen-bond donors (Lipinski definition) is 0. The normalized spacial score (nSPS) is 19.4. The summed E-state index contributed by atoms with van der Waals surface area (Å²) >= 11 is 0. The Morgan fingerprint density at radius 1 is 0.929 bits per heavy atom. The quantitative estimate of drug-likeness (QED) is 0.618. The van der Waals surface area contributed by atoms with E-state index in [-0.39, 0.29) is 0 Å². The topological polar surface area (TPSA) is 95.2 Å². The first kappa shape index (κ1) is 16.1. The lowest BCUT2D eigenvalue weighted by atomic mass is 9.64. The molecule has 1 saturated carbocycles. The summed E-state index contributed by atoms with van der Waals surface area (Å²) < 4.78 is 0. The highest BCUT2D eigenvalue weighted by Gasteiger charge is 2.49. The van der Waals surface area contributed by atoms with Crippen molar-refractivity contribution in [1.29, 1.82) is 21.0 Å². The Kier molecular flexibility index (Phi) is 3.12. The maximum atomic E-state index is 9.88. The lowest BCUT2D eigenvalue weighted by molar-refractivity contribution is 0.416. The molecule has 3 aliphatic carbocycles. The number of allylic oxidation sites excluding steroid dienone is 1. The zero-order chi connectivity index (χ0) is 19.5. The highest BCUT2D eigenvalue weighted by molar-refractivity contribution is 5.90. The van der Waals surface area contributed by atoms with E-state index in [1.165, 1.54) is 0 Å². The van der Waals surface area contributed by atoms with E-state index < -0.39 is 11.3 Å². The average molecular weight is 356 g/mol. The fraction of sp³-hybridized carbons (Fsp3) is 0.167. The standard InChI is InChI=1S/C24H12N4/c25-10-15-8-19-17-4-2-1-3-14(17)7-20(19)21-9-22-18(23(15)21)6-5-16(11-26)24(22,12-27)13-28/h1-4,7-9,16H,5-6H2. The molecule has 128 valence electrons. The number of rotatable bonds is 0. The van der Waals surface area contributed by atoms with Crippen LogP contribution in [0.2, 0.25) is 0 Å². The van der Waals surface area contributed by atoms with Crippen molar-refractivity contribution in [2.24, 2.45) is 11.3 Å². The van der Waals surface area contributed by atoms with Crippen LogP contribution in [-0.2, 0) is 0 Å². The van der Waals surface area contributed by atoms with Crippen molar-refractivity contribution in [2.45, 2.75) is 12.8 Å². The molecule has 0 saturated heterocycles. The number of hydrogen-bond acceptors (Lipinski definition) is 4. The first-order valence-electron chi connectivity index (χ1n) is 9.04. The van der Waals surface area contributed by atoms with E-state index in [1.54, 1.807) is 0 Å². The maximum Gasteiger partial charge on any atom is 0.184 e. The van der Waals surface area contributed by atoms with E-state index in [2.05, 4.69) is 30.4 Å². The second-order valence-corrected chi connectivity index (χ2v) is 7.31. The average Bonchev–Trinajstić information content (AvgIpc) is 3.31. The van der Waals surface area contributed by atoms with Crippen molar-refractivity contribution in [2.75, 3.05) is 0 Å². The minimum Gasteiger partial charge on any atom is -0.198 e. The summed E-state index contributed by atoms with van der Waals surface area (Å²) in [5.41, 5.74) is 2.44. The van der Waals surface area contributed by atoms with Gasteiger partial charge in [-0.15, -0.1) is 0 Å². The molecule has 28 heavy (non-hydrogen) atoms. The summed E-state index contributed by atoms with van der Waals surface area (Å²) in [5.74, 6) is -0.674. The molecule has 1 fully saturated rings. The molecule has 0 N–H and O–H groups in total. The number of fused-ring (bicyclic) bond motifs is 5. The Hall–Kier alpha value is -4.12. The van der Waals surface area contributed by atoms with Gasteiger partial charge in [-0.1, -0.05) is 24.3 Å². The molecule has 3 aliphatic rings. The van der Waals surface area contributed by atoms with E-state index in [0.29, 0.717) is 24.0 Å². The van der Waals surface area contributed by atoms with Crippen LogP contribution in [-0.4, -0.2) is 0 Å². The van der Waals surface area contributed by atoms with Crippen LogP contribution in [0.4, 0.5) is 0 Å². The van der Waals surface area contributed by atoms with Gasteiger partial charge in [-0.2, -0.15) is 21.0 Å². The molecule has 4 heteroatoms. The third kappa shape index (κ3) is 1.75. The largest absolute Gasteiger partial charge is 0.198 e. The molecule has 5 rings (SSSR count). The first-order chi connectivity index (χ1) is 13.7. The Labute approximate surface area is 161 Å². The molecular formula is C24H12N4. The lowest BCUT2D eigenvalue weighted by Gasteiger charge is -2.32. The van der Waals surface area contributed by atoms with Crippen molar-refractivity contribution in [3.63, 3.8) is 0 Å². The van der Waals surface area contributed by atoms with Crippen molar-refractivity contribution >= 4 is 17.7 Å². The van der Waals surface area contributed by atoms with Gasteiger partial charge in [-0.25, -0.2) is 0 Å². The van der Waals surface area contributed by atoms with Crippen LogP contribution >= 0.6 is 0 Å². The Morgan fingerprint density at radius 2 is 1.71 bits per heavy atom. The third-order valence-electron chi connectivity index (χ3n) is 6.13. The number of nitriles is 4. The molecule has 0 amide bonds.